The van der Waals surface area contributed by atoms with E-state index in [2.05, 4.69) is 20.0 Å². The summed E-state index contributed by atoms with van der Waals surface area (Å²) in [5, 5.41) is 2.79. The Bertz CT molecular complexity index is 1490. The maximum Gasteiger partial charge on any atom is 0.264 e. The van der Waals surface area contributed by atoms with Crippen molar-refractivity contribution >= 4 is 37.6 Å². The molecule has 1 aliphatic rings. The number of aryl methyl sites for hydroxylation is 3. The first-order chi connectivity index (χ1) is 18.5. The highest BCUT2D eigenvalue weighted by atomic mass is 32.2. The summed E-state index contributed by atoms with van der Waals surface area (Å²) in [5.41, 5.74) is 2.79. The van der Waals surface area contributed by atoms with Gasteiger partial charge < -0.3 is 5.32 Å². The van der Waals surface area contributed by atoms with Crippen LogP contribution in [0.5, 0.6) is 0 Å². The molecule has 0 saturated carbocycles. The van der Waals surface area contributed by atoms with Gasteiger partial charge in [-0.15, -0.1) is 0 Å². The summed E-state index contributed by atoms with van der Waals surface area (Å²) in [6.45, 7) is 4.03. The zero-order chi connectivity index (χ0) is 28.0. The largest absolute Gasteiger partial charge is 0.326 e. The minimum atomic E-state index is -3.92. The highest BCUT2D eigenvalue weighted by molar-refractivity contribution is 7.92. The molecule has 1 amide bonds. The molecule has 0 spiro atoms. The van der Waals surface area contributed by atoms with Gasteiger partial charge >= 0.3 is 0 Å². The summed E-state index contributed by atoms with van der Waals surface area (Å²) in [6.07, 6.45) is 2.36. The summed E-state index contributed by atoms with van der Waals surface area (Å²) in [7, 11) is -7.40. The van der Waals surface area contributed by atoms with Crippen molar-refractivity contribution in [3.63, 3.8) is 0 Å². The number of nitrogens with zero attached hydrogens (tertiary/aromatic N) is 3. The van der Waals surface area contributed by atoms with Crippen LogP contribution in [-0.2, 0) is 31.3 Å². The molecule has 1 atom stereocenters. The van der Waals surface area contributed by atoms with Gasteiger partial charge in [-0.25, -0.2) is 35.8 Å². The Balaban J connectivity index is 1.33. The van der Waals surface area contributed by atoms with E-state index in [-0.39, 0.29) is 29.0 Å². The van der Waals surface area contributed by atoms with E-state index in [1.807, 2.05) is 30.3 Å². The van der Waals surface area contributed by atoms with Crippen molar-refractivity contribution in [1.29, 1.82) is 0 Å². The molecule has 1 saturated heterocycles. The Morgan fingerprint density at radius 1 is 0.974 bits per heavy atom. The highest BCUT2D eigenvalue weighted by Gasteiger charge is 2.32. The first-order valence-electron chi connectivity index (χ1n) is 12.8. The van der Waals surface area contributed by atoms with Crippen LogP contribution in [0.2, 0.25) is 0 Å². The third kappa shape index (κ3) is 7.84. The van der Waals surface area contributed by atoms with E-state index in [1.54, 1.807) is 19.9 Å². The maximum atomic E-state index is 12.9. The van der Waals surface area contributed by atoms with Gasteiger partial charge in [-0.2, -0.15) is 0 Å². The number of hydrogen-bond acceptors (Lipinski definition) is 7. The number of piperidine rings is 1. The average Bonchev–Trinajstić information content (AvgIpc) is 2.89. The van der Waals surface area contributed by atoms with Crippen LogP contribution in [0.1, 0.15) is 36.2 Å². The summed E-state index contributed by atoms with van der Waals surface area (Å²) >= 11 is 0. The SMILES string of the molecule is Cc1cc(C)nc(NS(=O)(=O)c2ccc(NC(=O)[C@H]3CCCN(S(=O)(=O)CCCc4ccccc4)C3)cc2)n1. The number of sulfonamides is 2. The van der Waals surface area contributed by atoms with Crippen LogP contribution in [0.4, 0.5) is 11.6 Å². The smallest absolute Gasteiger partial charge is 0.264 e. The lowest BCUT2D eigenvalue weighted by atomic mass is 9.99. The van der Waals surface area contributed by atoms with Crippen LogP contribution in [0, 0.1) is 19.8 Å². The third-order valence-electron chi connectivity index (χ3n) is 6.50. The van der Waals surface area contributed by atoms with E-state index in [0.29, 0.717) is 49.3 Å². The number of benzene rings is 2. The molecule has 3 aromatic rings. The first-order valence-corrected chi connectivity index (χ1v) is 15.9. The number of amides is 1. The van der Waals surface area contributed by atoms with Crippen LogP contribution < -0.4 is 10.0 Å². The number of rotatable bonds is 10. The molecule has 208 valence electrons. The van der Waals surface area contributed by atoms with Crippen molar-refractivity contribution < 1.29 is 21.6 Å². The number of carbonyl (C=O) groups is 1. The normalized spacial score (nSPS) is 16.5. The predicted molar refractivity (Wildman–Crippen MR) is 150 cm³/mol. The monoisotopic (exact) mass is 571 g/mol. The molecular formula is C27H33N5O5S2. The first kappa shape index (κ1) is 28.7. The number of carbonyl (C=O) groups excluding carboxylic acids is 1. The van der Waals surface area contributed by atoms with Crippen molar-refractivity contribution in [2.45, 2.75) is 44.4 Å². The van der Waals surface area contributed by atoms with Crippen LogP contribution in [0.3, 0.4) is 0 Å². The maximum absolute atomic E-state index is 12.9. The molecule has 4 rings (SSSR count). The van der Waals surface area contributed by atoms with Gasteiger partial charge in [0.2, 0.25) is 21.9 Å². The number of nitrogens with one attached hydrogen (secondary N) is 2. The molecule has 0 aliphatic carbocycles. The van der Waals surface area contributed by atoms with Gasteiger partial charge in [0.15, 0.2) is 0 Å². The molecule has 39 heavy (non-hydrogen) atoms. The topological polar surface area (TPSA) is 138 Å². The second-order valence-electron chi connectivity index (χ2n) is 9.70. The molecule has 1 aliphatic heterocycles. The summed E-state index contributed by atoms with van der Waals surface area (Å²) in [4.78, 5) is 21.1. The molecule has 10 nitrogen and oxygen atoms in total. The predicted octanol–water partition coefficient (Wildman–Crippen LogP) is 3.51. The highest BCUT2D eigenvalue weighted by Crippen LogP contribution is 2.23. The fraction of sp³-hybridized carbons (Fsp3) is 0.370. The van der Waals surface area contributed by atoms with Crippen molar-refractivity contribution in [1.82, 2.24) is 14.3 Å². The standard InChI is InChI=1S/C27H33N5O5S2/c1-20-18-21(2)29-27(28-20)31-39(36,37)25-14-12-24(13-15-25)30-26(33)23-11-6-16-32(19-23)38(34,35)17-7-10-22-8-4-3-5-9-22/h3-5,8-9,12-15,18,23H,6-7,10-11,16-17,19H2,1-2H3,(H,30,33)(H,28,29,31)/t23-/m0/s1. The molecule has 0 unspecified atom stereocenters. The quantitative estimate of drug-likeness (QED) is 0.380. The molecule has 0 radical (unpaired) electrons. The lowest BCUT2D eigenvalue weighted by Gasteiger charge is -2.31. The molecule has 0 bridgehead atoms. The second-order valence-corrected chi connectivity index (χ2v) is 13.5. The van der Waals surface area contributed by atoms with E-state index < -0.39 is 26.0 Å². The molecule has 12 heteroatoms. The van der Waals surface area contributed by atoms with Crippen molar-refractivity contribution in [2.75, 3.05) is 28.9 Å². The van der Waals surface area contributed by atoms with E-state index in [0.717, 1.165) is 5.56 Å². The summed E-state index contributed by atoms with van der Waals surface area (Å²) < 4.78 is 55.1. The van der Waals surface area contributed by atoms with Gasteiger partial charge in [-0.1, -0.05) is 30.3 Å². The number of anilines is 2. The van der Waals surface area contributed by atoms with Gasteiger partial charge in [-0.3, -0.25) is 4.79 Å². The van der Waals surface area contributed by atoms with Crippen LogP contribution >= 0.6 is 0 Å². The Kier molecular flexibility index (Phi) is 8.98. The number of aromatic nitrogens is 2. The van der Waals surface area contributed by atoms with E-state index >= 15 is 0 Å². The molecule has 2 aromatic carbocycles. The second kappa shape index (κ2) is 12.2. The van der Waals surface area contributed by atoms with Gasteiger partial charge in [0.05, 0.1) is 16.6 Å². The Hall–Kier alpha value is -3.35. The molecule has 1 aromatic heterocycles. The Morgan fingerprint density at radius 3 is 2.31 bits per heavy atom. The molecular weight excluding hydrogens is 538 g/mol. The zero-order valence-corrected chi connectivity index (χ0v) is 23.6. The fourth-order valence-electron chi connectivity index (χ4n) is 4.55. The van der Waals surface area contributed by atoms with Crippen molar-refractivity contribution in [2.24, 2.45) is 5.92 Å². The average molecular weight is 572 g/mol. The minimum absolute atomic E-state index is 0.00584. The van der Waals surface area contributed by atoms with Crippen LogP contribution in [-0.4, -0.2) is 55.9 Å². The third-order valence-corrected chi connectivity index (χ3v) is 9.77. The van der Waals surface area contributed by atoms with Crippen LogP contribution in [0.25, 0.3) is 0 Å². The lowest BCUT2D eigenvalue weighted by molar-refractivity contribution is -0.120. The summed E-state index contributed by atoms with van der Waals surface area (Å²) in [6, 6.07) is 17.2. The fourth-order valence-corrected chi connectivity index (χ4v) is 7.08. The van der Waals surface area contributed by atoms with Gasteiger partial charge in [0.1, 0.15) is 0 Å². The van der Waals surface area contributed by atoms with Gasteiger partial charge in [-0.05, 0) is 75.4 Å². The van der Waals surface area contributed by atoms with E-state index in [4.69, 9.17) is 0 Å². The zero-order valence-electron chi connectivity index (χ0n) is 22.0. The summed E-state index contributed by atoms with van der Waals surface area (Å²) in [5.74, 6) is -0.763. The number of hydrogen-bond donors (Lipinski definition) is 2. The van der Waals surface area contributed by atoms with Crippen molar-refractivity contribution in [3.8, 4) is 0 Å². The Labute approximate surface area is 230 Å². The lowest BCUT2D eigenvalue weighted by Crippen LogP contribution is -2.44. The Morgan fingerprint density at radius 2 is 1.64 bits per heavy atom. The minimum Gasteiger partial charge on any atom is -0.326 e. The molecule has 1 fully saturated rings. The van der Waals surface area contributed by atoms with E-state index in [1.165, 1.54) is 28.6 Å². The molecule has 2 heterocycles. The van der Waals surface area contributed by atoms with Crippen molar-refractivity contribution in [3.05, 3.63) is 77.6 Å². The van der Waals surface area contributed by atoms with Crippen LogP contribution in [0.15, 0.2) is 65.6 Å². The van der Waals surface area contributed by atoms with Gasteiger partial charge in [0, 0.05) is 30.2 Å². The van der Waals surface area contributed by atoms with Gasteiger partial charge in [0.25, 0.3) is 10.0 Å². The van der Waals surface area contributed by atoms with E-state index in [9.17, 15) is 21.6 Å². The molecule has 2 N–H and O–H groups in total.